The minimum absolute atomic E-state index is 0.0397. The van der Waals surface area contributed by atoms with Gasteiger partial charge in [-0.3, -0.25) is 0 Å². The van der Waals surface area contributed by atoms with Crippen molar-refractivity contribution in [3.8, 4) is 0 Å². The second-order valence-electron chi connectivity index (χ2n) is 7.19. The first kappa shape index (κ1) is 20.2. The Morgan fingerprint density at radius 1 is 1.27 bits per heavy atom. The largest absolute Gasteiger partial charge is 0.444 e. The molecular weight excluding hydrogens is 357 g/mol. The minimum atomic E-state index is -0.587. The van der Waals surface area contributed by atoms with E-state index in [0.717, 1.165) is 5.56 Å². The zero-order valence-electron chi connectivity index (χ0n) is 15.6. The van der Waals surface area contributed by atoms with Gasteiger partial charge in [-0.1, -0.05) is 37.7 Å². The zero-order chi connectivity index (χ0) is 19.3. The molecule has 2 rings (SSSR count). The molecule has 0 aliphatic heterocycles. The molecule has 142 valence electrons. The van der Waals surface area contributed by atoms with Crippen LogP contribution in [0.25, 0.3) is 0 Å². The average Bonchev–Trinajstić information content (AvgIpc) is 2.98. The Labute approximate surface area is 156 Å². The molecule has 0 unspecified atom stereocenters. The van der Waals surface area contributed by atoms with Gasteiger partial charge in [0, 0.05) is 5.75 Å². The number of ether oxygens (including phenoxy) is 1. The SMILES string of the molecule is CC(C)[C@@H](NC(=O)OC(C)(C)C)c1nnc(SCc2ccc(F)cc2)o1. The van der Waals surface area contributed by atoms with Crippen molar-refractivity contribution in [2.75, 3.05) is 0 Å². The van der Waals surface area contributed by atoms with E-state index in [1.54, 1.807) is 32.9 Å². The summed E-state index contributed by atoms with van der Waals surface area (Å²) >= 11 is 1.35. The summed E-state index contributed by atoms with van der Waals surface area (Å²) in [7, 11) is 0. The van der Waals surface area contributed by atoms with Crippen molar-refractivity contribution in [3.63, 3.8) is 0 Å². The van der Waals surface area contributed by atoms with E-state index < -0.39 is 17.7 Å². The van der Waals surface area contributed by atoms with Gasteiger partial charge in [0.05, 0.1) is 0 Å². The summed E-state index contributed by atoms with van der Waals surface area (Å²) in [5.74, 6) is 0.672. The van der Waals surface area contributed by atoms with E-state index in [1.165, 1.54) is 23.9 Å². The van der Waals surface area contributed by atoms with Gasteiger partial charge < -0.3 is 14.5 Å². The highest BCUT2D eigenvalue weighted by Gasteiger charge is 2.27. The van der Waals surface area contributed by atoms with Crippen LogP contribution in [0.15, 0.2) is 33.9 Å². The number of halogens is 1. The second-order valence-corrected chi connectivity index (χ2v) is 8.12. The maximum Gasteiger partial charge on any atom is 0.408 e. The summed E-state index contributed by atoms with van der Waals surface area (Å²) in [6.45, 7) is 9.28. The smallest absolute Gasteiger partial charge is 0.408 e. The van der Waals surface area contributed by atoms with Gasteiger partial charge in [-0.15, -0.1) is 10.2 Å². The molecular formula is C18H24FN3O3S. The Balaban J connectivity index is 1.99. The van der Waals surface area contributed by atoms with Crippen LogP contribution >= 0.6 is 11.8 Å². The van der Waals surface area contributed by atoms with Gasteiger partial charge in [0.2, 0.25) is 5.89 Å². The Hall–Kier alpha value is -2.09. The van der Waals surface area contributed by atoms with E-state index in [1.807, 2.05) is 13.8 Å². The molecule has 1 aromatic heterocycles. The molecule has 2 aromatic rings. The van der Waals surface area contributed by atoms with Crippen LogP contribution in [0.3, 0.4) is 0 Å². The zero-order valence-corrected chi connectivity index (χ0v) is 16.4. The van der Waals surface area contributed by atoms with Crippen LogP contribution in [0.1, 0.15) is 52.1 Å². The van der Waals surface area contributed by atoms with E-state index in [0.29, 0.717) is 16.9 Å². The van der Waals surface area contributed by atoms with Crippen LogP contribution in [0.2, 0.25) is 0 Å². The first-order valence-electron chi connectivity index (χ1n) is 8.34. The van der Waals surface area contributed by atoms with Crippen molar-refractivity contribution >= 4 is 17.9 Å². The van der Waals surface area contributed by atoms with Crippen molar-refractivity contribution < 1.29 is 18.3 Å². The molecule has 6 nitrogen and oxygen atoms in total. The topological polar surface area (TPSA) is 77.2 Å². The number of benzene rings is 1. The molecule has 0 aliphatic carbocycles. The summed E-state index contributed by atoms with van der Waals surface area (Å²) in [5.41, 5.74) is 0.361. The minimum Gasteiger partial charge on any atom is -0.444 e. The lowest BCUT2D eigenvalue weighted by molar-refractivity contribution is 0.0477. The number of rotatable bonds is 6. The standard InChI is InChI=1S/C18H24FN3O3S/c1-11(2)14(20-16(23)25-18(3,4)5)15-21-22-17(24-15)26-10-12-6-8-13(19)9-7-12/h6-9,11,14H,10H2,1-5H3,(H,20,23)/t14-/m1/s1. The predicted octanol–water partition coefficient (Wildman–Crippen LogP) is 4.72. The molecule has 0 spiro atoms. The number of hydrogen-bond donors (Lipinski definition) is 1. The molecule has 1 aromatic carbocycles. The summed E-state index contributed by atoms with van der Waals surface area (Å²) in [6.07, 6.45) is -0.532. The summed E-state index contributed by atoms with van der Waals surface area (Å²) in [5, 5.41) is 11.2. The lowest BCUT2D eigenvalue weighted by Gasteiger charge is -2.23. The van der Waals surface area contributed by atoms with Gasteiger partial charge in [0.15, 0.2) is 0 Å². The quantitative estimate of drug-likeness (QED) is 0.730. The third-order valence-electron chi connectivity index (χ3n) is 3.30. The summed E-state index contributed by atoms with van der Waals surface area (Å²) in [6, 6.07) is 5.79. The molecule has 0 aliphatic rings. The molecule has 8 heteroatoms. The van der Waals surface area contributed by atoms with E-state index >= 15 is 0 Å². The maximum atomic E-state index is 12.9. The highest BCUT2D eigenvalue weighted by molar-refractivity contribution is 7.98. The molecule has 26 heavy (non-hydrogen) atoms. The van der Waals surface area contributed by atoms with Crippen LogP contribution in [0, 0.1) is 11.7 Å². The maximum absolute atomic E-state index is 12.9. The van der Waals surface area contributed by atoms with Crippen molar-refractivity contribution in [1.82, 2.24) is 15.5 Å². The molecule has 0 radical (unpaired) electrons. The van der Waals surface area contributed by atoms with E-state index in [9.17, 15) is 9.18 Å². The van der Waals surface area contributed by atoms with Gasteiger partial charge in [-0.2, -0.15) is 0 Å². The monoisotopic (exact) mass is 381 g/mol. The Morgan fingerprint density at radius 2 is 1.92 bits per heavy atom. The van der Waals surface area contributed by atoms with Crippen molar-refractivity contribution in [1.29, 1.82) is 0 Å². The average molecular weight is 381 g/mol. The Morgan fingerprint density at radius 3 is 2.50 bits per heavy atom. The van der Waals surface area contributed by atoms with Crippen LogP contribution in [-0.4, -0.2) is 21.9 Å². The number of alkyl carbamates (subject to hydrolysis) is 1. The molecule has 1 N–H and O–H groups in total. The Kier molecular flexibility index (Phi) is 6.63. The predicted molar refractivity (Wildman–Crippen MR) is 97.2 cm³/mol. The third kappa shape index (κ3) is 6.33. The first-order chi connectivity index (χ1) is 12.1. The molecule has 1 heterocycles. The number of nitrogens with zero attached hydrogens (tertiary/aromatic N) is 2. The van der Waals surface area contributed by atoms with Gasteiger partial charge in [-0.25, -0.2) is 9.18 Å². The van der Waals surface area contributed by atoms with Gasteiger partial charge in [-0.05, 0) is 44.4 Å². The molecule has 0 saturated heterocycles. The van der Waals surface area contributed by atoms with E-state index in [-0.39, 0.29) is 11.7 Å². The molecule has 1 atom stereocenters. The van der Waals surface area contributed by atoms with Gasteiger partial charge in [0.1, 0.15) is 17.5 Å². The number of carbonyl (C=O) groups is 1. The van der Waals surface area contributed by atoms with Crippen LogP contribution in [0.5, 0.6) is 0 Å². The molecule has 1 amide bonds. The number of hydrogen-bond acceptors (Lipinski definition) is 6. The fourth-order valence-corrected chi connectivity index (χ4v) is 2.80. The third-order valence-corrected chi connectivity index (χ3v) is 4.19. The second kappa shape index (κ2) is 8.53. The first-order valence-corrected chi connectivity index (χ1v) is 9.33. The summed E-state index contributed by atoms with van der Waals surface area (Å²) in [4.78, 5) is 12.0. The number of carbonyl (C=O) groups excluding carboxylic acids is 1. The summed E-state index contributed by atoms with van der Waals surface area (Å²) < 4.78 is 23.9. The number of nitrogens with one attached hydrogen (secondary N) is 1. The van der Waals surface area contributed by atoms with Crippen molar-refractivity contribution in [2.45, 2.75) is 57.2 Å². The highest BCUT2D eigenvalue weighted by Crippen LogP contribution is 2.26. The normalized spacial score (nSPS) is 12.9. The lowest BCUT2D eigenvalue weighted by Crippen LogP contribution is -2.37. The van der Waals surface area contributed by atoms with E-state index in [4.69, 9.17) is 9.15 Å². The molecule has 0 saturated carbocycles. The van der Waals surface area contributed by atoms with E-state index in [2.05, 4.69) is 15.5 Å². The van der Waals surface area contributed by atoms with Crippen LogP contribution < -0.4 is 5.32 Å². The van der Waals surface area contributed by atoms with Crippen molar-refractivity contribution in [3.05, 3.63) is 41.5 Å². The van der Waals surface area contributed by atoms with Crippen LogP contribution in [0.4, 0.5) is 9.18 Å². The highest BCUT2D eigenvalue weighted by atomic mass is 32.2. The van der Waals surface area contributed by atoms with Crippen LogP contribution in [-0.2, 0) is 10.5 Å². The van der Waals surface area contributed by atoms with Gasteiger partial charge >= 0.3 is 6.09 Å². The van der Waals surface area contributed by atoms with Gasteiger partial charge in [0.25, 0.3) is 5.22 Å². The fraction of sp³-hybridized carbons (Fsp3) is 0.500. The molecule has 0 fully saturated rings. The Bertz CT molecular complexity index is 726. The van der Waals surface area contributed by atoms with Crippen molar-refractivity contribution in [2.24, 2.45) is 5.92 Å². The fourth-order valence-electron chi connectivity index (χ4n) is 2.08. The number of thioether (sulfide) groups is 1. The number of aromatic nitrogens is 2. The lowest BCUT2D eigenvalue weighted by atomic mass is 10.1. The number of amides is 1. The molecule has 0 bridgehead atoms.